The molecule has 0 spiro atoms. The first-order valence-electron chi connectivity index (χ1n) is 10.6. The van der Waals surface area contributed by atoms with Gasteiger partial charge < -0.3 is 4.90 Å². The minimum Gasteiger partial charge on any atom is -0.332 e. The molecule has 1 aliphatic heterocycles. The molecule has 0 atom stereocenters. The number of halogens is 1. The molecule has 2 aromatic heterocycles. The predicted molar refractivity (Wildman–Crippen MR) is 112 cm³/mol. The van der Waals surface area contributed by atoms with Crippen molar-refractivity contribution in [2.75, 3.05) is 13.1 Å². The Labute approximate surface area is 173 Å². The summed E-state index contributed by atoms with van der Waals surface area (Å²) >= 11 is 0. The lowest BCUT2D eigenvalue weighted by Gasteiger charge is -2.41. The molecule has 7 heteroatoms. The molecule has 5 rings (SSSR count). The summed E-state index contributed by atoms with van der Waals surface area (Å²) in [5.41, 5.74) is 1.62. The van der Waals surface area contributed by atoms with Crippen LogP contribution < -0.4 is 5.56 Å². The SMILES string of the molecule is CC1(F)CN(C(=O)c2c[nH]n3c(=O)cc(-c4ccc(C5CCCCC5)cc4)nc23)C1. The van der Waals surface area contributed by atoms with E-state index in [0.717, 1.165) is 5.56 Å². The number of carbonyl (C=O) groups is 1. The lowest BCUT2D eigenvalue weighted by Crippen LogP contribution is -2.59. The van der Waals surface area contributed by atoms with Crippen molar-refractivity contribution < 1.29 is 9.18 Å². The number of carbonyl (C=O) groups excluding carboxylic acids is 1. The van der Waals surface area contributed by atoms with Gasteiger partial charge in [0.25, 0.3) is 11.5 Å². The van der Waals surface area contributed by atoms with Gasteiger partial charge in [0.05, 0.1) is 18.8 Å². The summed E-state index contributed by atoms with van der Waals surface area (Å²) in [6, 6.07) is 9.72. The van der Waals surface area contributed by atoms with Gasteiger partial charge >= 0.3 is 0 Å². The first-order valence-corrected chi connectivity index (χ1v) is 10.6. The third-order valence-electron chi connectivity index (χ3n) is 6.34. The Kier molecular flexibility index (Phi) is 4.49. The van der Waals surface area contributed by atoms with E-state index in [0.29, 0.717) is 11.6 Å². The van der Waals surface area contributed by atoms with E-state index in [9.17, 15) is 14.0 Å². The fourth-order valence-electron chi connectivity index (χ4n) is 4.71. The molecule has 2 fully saturated rings. The molecule has 30 heavy (non-hydrogen) atoms. The number of nitrogens with one attached hydrogen (secondary N) is 1. The number of amides is 1. The van der Waals surface area contributed by atoms with E-state index in [2.05, 4.69) is 22.2 Å². The van der Waals surface area contributed by atoms with Gasteiger partial charge in [-0.3, -0.25) is 14.7 Å². The van der Waals surface area contributed by atoms with E-state index in [1.165, 1.54) is 66.3 Å². The maximum Gasteiger partial charge on any atom is 0.273 e. The molecule has 3 aromatic rings. The van der Waals surface area contributed by atoms with Gasteiger partial charge in [0.2, 0.25) is 0 Å². The first kappa shape index (κ1) is 19.0. The predicted octanol–water partition coefficient (Wildman–Crippen LogP) is 3.92. The first-order chi connectivity index (χ1) is 14.4. The Morgan fingerprint density at radius 3 is 2.53 bits per heavy atom. The van der Waals surface area contributed by atoms with Gasteiger partial charge in [0, 0.05) is 17.8 Å². The van der Waals surface area contributed by atoms with Gasteiger partial charge in [0.1, 0.15) is 11.2 Å². The molecule has 1 aliphatic carbocycles. The zero-order valence-corrected chi connectivity index (χ0v) is 17.0. The number of likely N-dealkylation sites (tertiary alicyclic amines) is 1. The van der Waals surface area contributed by atoms with Crippen LogP contribution in [0.3, 0.4) is 0 Å². The second-order valence-electron chi connectivity index (χ2n) is 8.86. The zero-order chi connectivity index (χ0) is 20.9. The molecule has 1 aromatic carbocycles. The highest BCUT2D eigenvalue weighted by Crippen LogP contribution is 2.33. The van der Waals surface area contributed by atoms with Crippen molar-refractivity contribution >= 4 is 11.6 Å². The summed E-state index contributed by atoms with van der Waals surface area (Å²) in [5, 5.41) is 2.79. The lowest BCUT2D eigenvalue weighted by molar-refractivity contribution is -0.00775. The van der Waals surface area contributed by atoms with Crippen LogP contribution in [0.15, 0.2) is 41.3 Å². The number of nitrogens with zero attached hydrogens (tertiary/aromatic N) is 3. The van der Waals surface area contributed by atoms with Crippen LogP contribution in [-0.4, -0.2) is 44.2 Å². The molecule has 1 amide bonds. The number of fused-ring (bicyclic) bond motifs is 1. The van der Waals surface area contributed by atoms with Crippen molar-refractivity contribution in [1.82, 2.24) is 19.5 Å². The Hall–Kier alpha value is -2.96. The average Bonchev–Trinajstić information content (AvgIpc) is 3.17. The summed E-state index contributed by atoms with van der Waals surface area (Å²) in [6.07, 6.45) is 7.81. The van der Waals surface area contributed by atoms with E-state index < -0.39 is 5.67 Å². The fourth-order valence-corrected chi connectivity index (χ4v) is 4.71. The van der Waals surface area contributed by atoms with Crippen molar-refractivity contribution in [1.29, 1.82) is 0 Å². The molecule has 1 saturated heterocycles. The monoisotopic (exact) mass is 408 g/mol. The number of benzene rings is 1. The summed E-state index contributed by atoms with van der Waals surface area (Å²) < 4.78 is 15.1. The maximum atomic E-state index is 13.8. The number of aromatic nitrogens is 3. The average molecular weight is 408 g/mol. The van der Waals surface area contributed by atoms with Crippen LogP contribution in [0.5, 0.6) is 0 Å². The van der Waals surface area contributed by atoms with Gasteiger partial charge in [-0.15, -0.1) is 0 Å². The highest BCUT2D eigenvalue weighted by molar-refractivity contribution is 6.00. The van der Waals surface area contributed by atoms with E-state index in [-0.39, 0.29) is 35.8 Å². The van der Waals surface area contributed by atoms with Crippen molar-refractivity contribution in [3.63, 3.8) is 0 Å². The van der Waals surface area contributed by atoms with E-state index in [4.69, 9.17) is 0 Å². The fraction of sp³-hybridized carbons (Fsp3) is 0.435. The van der Waals surface area contributed by atoms with E-state index >= 15 is 0 Å². The van der Waals surface area contributed by atoms with Gasteiger partial charge in [-0.25, -0.2) is 13.9 Å². The third-order valence-corrected chi connectivity index (χ3v) is 6.34. The standard InChI is InChI=1S/C23H25FN4O2/c1-23(24)13-27(14-23)22(30)18-12-25-28-20(29)11-19(26-21(18)28)17-9-7-16(8-10-17)15-5-3-2-4-6-15/h7-12,15,25H,2-6,13-14H2,1H3. The normalized spacial score (nSPS) is 19.1. The van der Waals surface area contributed by atoms with Gasteiger partial charge in [-0.1, -0.05) is 43.5 Å². The van der Waals surface area contributed by atoms with Crippen molar-refractivity contribution in [2.24, 2.45) is 0 Å². The van der Waals surface area contributed by atoms with Crippen LogP contribution in [0.1, 0.15) is 60.9 Å². The molecule has 0 radical (unpaired) electrons. The Bertz CT molecular complexity index is 1150. The number of rotatable bonds is 3. The number of aromatic amines is 1. The Morgan fingerprint density at radius 2 is 1.87 bits per heavy atom. The van der Waals surface area contributed by atoms with Crippen LogP contribution in [0.25, 0.3) is 16.9 Å². The molecular weight excluding hydrogens is 383 g/mol. The molecule has 0 unspecified atom stereocenters. The van der Waals surface area contributed by atoms with Crippen LogP contribution in [0.2, 0.25) is 0 Å². The lowest BCUT2D eigenvalue weighted by atomic mass is 9.84. The van der Waals surface area contributed by atoms with Crippen molar-refractivity contribution in [3.8, 4) is 11.3 Å². The quantitative estimate of drug-likeness (QED) is 0.714. The molecular formula is C23H25FN4O2. The largest absolute Gasteiger partial charge is 0.332 e. The molecule has 0 bridgehead atoms. The second kappa shape index (κ2) is 7.07. The van der Waals surface area contributed by atoms with Gasteiger partial charge in [-0.2, -0.15) is 0 Å². The highest BCUT2D eigenvalue weighted by atomic mass is 19.1. The summed E-state index contributed by atoms with van der Waals surface area (Å²) in [7, 11) is 0. The summed E-state index contributed by atoms with van der Waals surface area (Å²) in [6.45, 7) is 1.58. The second-order valence-corrected chi connectivity index (χ2v) is 8.86. The number of H-pyrrole nitrogens is 1. The van der Waals surface area contributed by atoms with Crippen LogP contribution in [-0.2, 0) is 0 Å². The van der Waals surface area contributed by atoms with Crippen LogP contribution in [0.4, 0.5) is 4.39 Å². The topological polar surface area (TPSA) is 70.5 Å². The van der Waals surface area contributed by atoms with Gasteiger partial charge in [-0.05, 0) is 31.2 Å². The minimum atomic E-state index is -1.35. The molecule has 6 nitrogen and oxygen atoms in total. The van der Waals surface area contributed by atoms with Crippen molar-refractivity contribution in [2.45, 2.75) is 50.6 Å². The molecule has 2 aliphatic rings. The van der Waals surface area contributed by atoms with E-state index in [1.54, 1.807) is 0 Å². The maximum absolute atomic E-state index is 13.8. The highest BCUT2D eigenvalue weighted by Gasteiger charge is 2.42. The third kappa shape index (κ3) is 3.32. The number of alkyl halides is 1. The van der Waals surface area contributed by atoms with Gasteiger partial charge in [0.15, 0.2) is 5.65 Å². The number of hydrogen-bond acceptors (Lipinski definition) is 3. The van der Waals surface area contributed by atoms with Crippen molar-refractivity contribution in [3.05, 3.63) is 58.0 Å². The molecule has 1 N–H and O–H groups in total. The Balaban J connectivity index is 1.46. The van der Waals surface area contributed by atoms with Crippen LogP contribution in [0, 0.1) is 0 Å². The minimum absolute atomic E-state index is 0.0513. The zero-order valence-electron chi connectivity index (χ0n) is 17.0. The molecule has 156 valence electrons. The molecule has 1 saturated carbocycles. The number of hydrogen-bond donors (Lipinski definition) is 1. The summed E-state index contributed by atoms with van der Waals surface area (Å²) in [4.78, 5) is 31.4. The molecule has 3 heterocycles. The Morgan fingerprint density at radius 1 is 1.17 bits per heavy atom. The summed E-state index contributed by atoms with van der Waals surface area (Å²) in [5.74, 6) is 0.293. The van der Waals surface area contributed by atoms with E-state index in [1.807, 2.05) is 12.1 Å². The van der Waals surface area contributed by atoms with Crippen LogP contribution >= 0.6 is 0 Å². The smallest absolute Gasteiger partial charge is 0.273 e.